The van der Waals surface area contributed by atoms with Gasteiger partial charge in [0.05, 0.1) is 12.5 Å². The summed E-state index contributed by atoms with van der Waals surface area (Å²) in [7, 11) is 0. The van der Waals surface area contributed by atoms with Gasteiger partial charge in [0, 0.05) is 21.3 Å². The minimum absolute atomic E-state index is 0.169. The summed E-state index contributed by atoms with van der Waals surface area (Å²) in [5.41, 5.74) is 1.14. The molecular formula is C22H22Cl2N2O2. The first kappa shape index (κ1) is 21.9. The molecule has 0 aromatic heterocycles. The van der Waals surface area contributed by atoms with Crippen molar-refractivity contribution in [3.8, 4) is 6.07 Å². The summed E-state index contributed by atoms with van der Waals surface area (Å²) in [6, 6.07) is 12.6. The van der Waals surface area contributed by atoms with Crippen molar-refractivity contribution in [2.24, 2.45) is 0 Å². The number of amides is 1. The molecule has 0 aliphatic carbocycles. The number of nitrogens with one attached hydrogen (secondary N) is 1. The third-order valence-corrected chi connectivity index (χ3v) is 5.50. The molecule has 0 heterocycles. The molecule has 1 amide bonds. The Morgan fingerprint density at radius 3 is 1.96 bits per heavy atom. The molecule has 2 rings (SSSR count). The van der Waals surface area contributed by atoms with Crippen LogP contribution in [0.25, 0.3) is 0 Å². The van der Waals surface area contributed by atoms with E-state index in [0.717, 1.165) is 29.7 Å². The van der Waals surface area contributed by atoms with Crippen LogP contribution < -0.4 is 5.32 Å². The van der Waals surface area contributed by atoms with Gasteiger partial charge >= 0.3 is 0 Å². The third kappa shape index (κ3) is 4.22. The number of ketones is 1. The van der Waals surface area contributed by atoms with Gasteiger partial charge in [-0.3, -0.25) is 9.59 Å². The molecular weight excluding hydrogens is 395 g/mol. The van der Waals surface area contributed by atoms with Crippen molar-refractivity contribution in [3.05, 3.63) is 63.1 Å². The molecule has 0 spiro atoms. The highest BCUT2D eigenvalue weighted by atomic mass is 35.5. The molecule has 0 fully saturated rings. The third-order valence-electron chi connectivity index (χ3n) is 4.87. The van der Waals surface area contributed by atoms with Crippen LogP contribution in [-0.2, 0) is 27.8 Å². The SMILES string of the molecule is CCc1cccc(CC)c1NC(=O)CC(C#N)(C(C)=O)c1c(Cl)cccc1Cl. The van der Waals surface area contributed by atoms with Crippen LogP contribution in [0.4, 0.5) is 5.69 Å². The lowest BCUT2D eigenvalue weighted by Crippen LogP contribution is -2.37. The van der Waals surface area contributed by atoms with E-state index < -0.39 is 17.1 Å². The largest absolute Gasteiger partial charge is 0.326 e. The normalized spacial score (nSPS) is 12.7. The Morgan fingerprint density at radius 2 is 1.54 bits per heavy atom. The molecule has 2 aromatic carbocycles. The number of carbonyl (C=O) groups excluding carboxylic acids is 2. The Morgan fingerprint density at radius 1 is 1.04 bits per heavy atom. The number of anilines is 1. The second-order valence-corrected chi connectivity index (χ2v) is 7.37. The van der Waals surface area contributed by atoms with E-state index >= 15 is 0 Å². The first-order chi connectivity index (χ1) is 13.3. The minimum atomic E-state index is -1.76. The number of hydrogen-bond acceptors (Lipinski definition) is 3. The van der Waals surface area contributed by atoms with E-state index in [1.54, 1.807) is 18.2 Å². The Hall–Kier alpha value is -2.35. The standard InChI is InChI=1S/C22H22Cl2N2O2/c1-4-15-8-6-9-16(5-2)21(15)26-19(28)12-22(13-25,14(3)27)20-17(23)10-7-11-18(20)24/h6-11H,4-5,12H2,1-3H3,(H,26,28). The monoisotopic (exact) mass is 416 g/mol. The summed E-state index contributed by atoms with van der Waals surface area (Å²) >= 11 is 12.5. The molecule has 6 heteroatoms. The highest BCUT2D eigenvalue weighted by Crippen LogP contribution is 2.39. The maximum atomic E-state index is 12.9. The predicted molar refractivity (Wildman–Crippen MR) is 113 cm³/mol. The number of carbonyl (C=O) groups is 2. The summed E-state index contributed by atoms with van der Waals surface area (Å²) in [6.45, 7) is 5.28. The van der Waals surface area contributed by atoms with Gasteiger partial charge in [-0.05, 0) is 43.0 Å². The number of nitrogens with zero attached hydrogens (tertiary/aromatic N) is 1. The number of halogens is 2. The van der Waals surface area contributed by atoms with Crippen molar-refractivity contribution in [2.75, 3.05) is 5.32 Å². The second-order valence-electron chi connectivity index (χ2n) is 6.55. The Kier molecular flexibility index (Phi) is 7.23. The molecule has 0 saturated heterocycles. The van der Waals surface area contributed by atoms with Crippen molar-refractivity contribution >= 4 is 40.6 Å². The van der Waals surface area contributed by atoms with E-state index in [4.69, 9.17) is 23.2 Å². The molecule has 0 saturated carbocycles. The maximum Gasteiger partial charge on any atom is 0.226 e. The maximum absolute atomic E-state index is 12.9. The van der Waals surface area contributed by atoms with Gasteiger partial charge in [0.2, 0.25) is 5.91 Å². The van der Waals surface area contributed by atoms with Crippen molar-refractivity contribution in [2.45, 2.75) is 45.4 Å². The molecule has 1 N–H and O–H groups in total. The summed E-state index contributed by atoms with van der Waals surface area (Å²) in [5, 5.41) is 13.2. The van der Waals surface area contributed by atoms with Crippen LogP contribution in [0.1, 0.15) is 43.9 Å². The fourth-order valence-corrected chi connectivity index (χ4v) is 4.02. The minimum Gasteiger partial charge on any atom is -0.326 e. The van der Waals surface area contributed by atoms with Crippen molar-refractivity contribution in [1.82, 2.24) is 0 Å². The lowest BCUT2D eigenvalue weighted by atomic mass is 9.75. The summed E-state index contributed by atoms with van der Waals surface area (Å²) < 4.78 is 0. The summed E-state index contributed by atoms with van der Waals surface area (Å²) in [4.78, 5) is 25.4. The van der Waals surface area contributed by atoms with Gasteiger partial charge in [-0.25, -0.2) is 0 Å². The van der Waals surface area contributed by atoms with Crippen LogP contribution in [0.2, 0.25) is 10.0 Å². The fraction of sp³-hybridized carbons (Fsp3) is 0.318. The number of benzene rings is 2. The zero-order valence-electron chi connectivity index (χ0n) is 16.1. The first-order valence-electron chi connectivity index (χ1n) is 9.08. The smallest absolute Gasteiger partial charge is 0.226 e. The number of Topliss-reactive ketones (excluding diaryl/α,β-unsaturated/α-hetero) is 1. The summed E-state index contributed by atoms with van der Waals surface area (Å²) in [5.74, 6) is -0.928. The number of para-hydroxylation sites is 1. The number of rotatable bonds is 7. The van der Waals surface area contributed by atoms with Crippen LogP contribution in [0, 0.1) is 11.3 Å². The van der Waals surface area contributed by atoms with E-state index in [9.17, 15) is 14.9 Å². The van der Waals surface area contributed by atoms with Crippen LogP contribution in [0.3, 0.4) is 0 Å². The van der Waals surface area contributed by atoms with Gasteiger partial charge in [-0.2, -0.15) is 5.26 Å². The quantitative estimate of drug-likeness (QED) is 0.647. The van der Waals surface area contributed by atoms with Crippen molar-refractivity contribution < 1.29 is 9.59 Å². The number of hydrogen-bond donors (Lipinski definition) is 1. The van der Waals surface area contributed by atoms with E-state index in [1.807, 2.05) is 38.1 Å². The van der Waals surface area contributed by atoms with Gasteiger partial charge in [0.15, 0.2) is 11.2 Å². The lowest BCUT2D eigenvalue weighted by Gasteiger charge is -2.26. The molecule has 0 radical (unpaired) electrons. The molecule has 4 nitrogen and oxygen atoms in total. The van der Waals surface area contributed by atoms with Crippen molar-refractivity contribution in [3.63, 3.8) is 0 Å². The van der Waals surface area contributed by atoms with Crippen LogP contribution in [-0.4, -0.2) is 11.7 Å². The highest BCUT2D eigenvalue weighted by Gasteiger charge is 2.43. The predicted octanol–water partition coefficient (Wildman–Crippen LogP) is 5.50. The number of aryl methyl sites for hydroxylation is 2. The summed E-state index contributed by atoms with van der Waals surface area (Å²) in [6.07, 6.45) is 1.12. The zero-order valence-corrected chi connectivity index (χ0v) is 17.6. The average molecular weight is 417 g/mol. The molecule has 0 aliphatic heterocycles. The van der Waals surface area contributed by atoms with Crippen molar-refractivity contribution in [1.29, 1.82) is 5.26 Å². The van der Waals surface area contributed by atoms with Gasteiger partial charge in [0.25, 0.3) is 0 Å². The van der Waals surface area contributed by atoms with Gasteiger partial charge in [-0.1, -0.05) is 61.3 Å². The Bertz CT molecular complexity index is 908. The molecule has 1 atom stereocenters. The van der Waals surface area contributed by atoms with Crippen LogP contribution >= 0.6 is 23.2 Å². The Balaban J connectivity index is 2.47. The van der Waals surface area contributed by atoms with E-state index in [-0.39, 0.29) is 22.0 Å². The second kappa shape index (κ2) is 9.23. The Labute approximate surface area is 175 Å². The van der Waals surface area contributed by atoms with E-state index in [0.29, 0.717) is 0 Å². The van der Waals surface area contributed by atoms with E-state index in [1.165, 1.54) is 6.92 Å². The highest BCUT2D eigenvalue weighted by molar-refractivity contribution is 6.37. The fourth-order valence-electron chi connectivity index (χ4n) is 3.30. The first-order valence-corrected chi connectivity index (χ1v) is 9.83. The van der Waals surface area contributed by atoms with E-state index in [2.05, 4.69) is 5.32 Å². The molecule has 146 valence electrons. The van der Waals surface area contributed by atoms with Gasteiger partial charge in [0.1, 0.15) is 0 Å². The van der Waals surface area contributed by atoms with Crippen LogP contribution in [0.5, 0.6) is 0 Å². The molecule has 28 heavy (non-hydrogen) atoms. The average Bonchev–Trinajstić information content (AvgIpc) is 2.66. The molecule has 0 aliphatic rings. The van der Waals surface area contributed by atoms with Gasteiger partial charge < -0.3 is 5.32 Å². The number of nitriles is 1. The molecule has 1 unspecified atom stereocenters. The molecule has 0 bridgehead atoms. The van der Waals surface area contributed by atoms with Gasteiger partial charge in [-0.15, -0.1) is 0 Å². The lowest BCUT2D eigenvalue weighted by molar-refractivity contribution is -0.125. The topological polar surface area (TPSA) is 70.0 Å². The molecule has 2 aromatic rings. The van der Waals surface area contributed by atoms with Crippen LogP contribution in [0.15, 0.2) is 36.4 Å². The zero-order chi connectivity index (χ0) is 20.9.